The molecule has 86 heavy (non-hydrogen) atoms. The van der Waals surface area contributed by atoms with Crippen molar-refractivity contribution >= 4 is 23.1 Å². The van der Waals surface area contributed by atoms with E-state index in [2.05, 4.69) is 55.4 Å². The van der Waals surface area contributed by atoms with Crippen LogP contribution in [0.4, 0.5) is 0 Å². The Balaban J connectivity index is -0.000000737. The summed E-state index contributed by atoms with van der Waals surface area (Å²) in [6, 6.07) is 0. The fourth-order valence-corrected chi connectivity index (χ4v) is 24.1. The van der Waals surface area contributed by atoms with E-state index in [4.69, 9.17) is 14.7 Å². The smallest absolute Gasteiger partial charge is 0.854 e. The van der Waals surface area contributed by atoms with Gasteiger partial charge in [0.15, 0.2) is 0 Å². The number of hydrogen-bond donors (Lipinski definition) is 0. The van der Waals surface area contributed by atoms with Crippen LogP contribution < -0.4 is 14.7 Å². The minimum atomic E-state index is -3.37. The summed E-state index contributed by atoms with van der Waals surface area (Å²) in [5.74, 6) is 0. The normalized spacial score (nSPS) is 11.9. The van der Waals surface area contributed by atoms with E-state index in [1.807, 2.05) is 0 Å². The summed E-state index contributed by atoms with van der Waals surface area (Å²) in [5.41, 5.74) is 0. The highest BCUT2D eigenvalue weighted by Crippen LogP contribution is 2.62. The van der Waals surface area contributed by atoms with Crippen LogP contribution in [0.2, 0.25) is 0 Å². The zero-order chi connectivity index (χ0) is 63.5. The number of hydrogen-bond acceptors (Lipinski definition) is 3. The van der Waals surface area contributed by atoms with E-state index in [9.17, 15) is 0 Å². The van der Waals surface area contributed by atoms with Gasteiger partial charge in [-0.1, -0.05) is 389 Å². The molecule has 522 valence electrons. The minimum absolute atomic E-state index is 0. The molecule has 0 saturated carbocycles. The van der Waals surface area contributed by atoms with E-state index < -0.39 is 23.1 Å². The lowest BCUT2D eigenvalue weighted by molar-refractivity contribution is -0.407. The molecule has 0 amide bonds. The predicted octanol–water partition coefficient (Wildman–Crippen LogP) is 28.5. The Kier molecular flexibility index (Phi) is 85.4. The van der Waals surface area contributed by atoms with Gasteiger partial charge in [0, 0.05) is 14.5 Å². The summed E-state index contributed by atoms with van der Waals surface area (Å²) in [7, 11) is -4.77. The lowest BCUT2D eigenvalue weighted by atomic mass is 10.0. The van der Waals surface area contributed by atoms with Gasteiger partial charge in [0.25, 0.3) is 0 Å². The molecule has 0 atom stereocenters. The van der Waals surface area contributed by atoms with Gasteiger partial charge in [-0.05, 0) is 77.0 Å². The van der Waals surface area contributed by atoms with E-state index in [0.717, 1.165) is 0 Å². The first kappa shape index (κ1) is 91.4. The van der Waals surface area contributed by atoms with Crippen molar-refractivity contribution in [1.29, 1.82) is 0 Å². The Hall–Kier alpha value is 1.17. The number of rotatable bonds is 72. The molecule has 0 fully saturated rings. The molecule has 0 aliphatic rings. The van der Waals surface area contributed by atoms with E-state index in [1.54, 1.807) is 75.0 Å². The maximum absolute atomic E-state index is 8.48. The van der Waals surface area contributed by atoms with E-state index >= 15 is 0 Å². The van der Waals surface area contributed by atoms with Crippen LogP contribution >= 0.6 is 23.1 Å². The van der Waals surface area contributed by atoms with Crippen molar-refractivity contribution in [2.75, 3.05) is 49.3 Å². The molecule has 0 unspecified atom stereocenters. The molecule has 0 aromatic rings. The molecule has 0 radical (unpaired) electrons. The molecule has 0 N–H and O–H groups in total. The fraction of sp³-hybridized carbons (Fsp3) is 1.00. The van der Waals surface area contributed by atoms with Gasteiger partial charge in [-0.3, -0.25) is 0 Å². The number of unbranched alkanes of at least 4 members (excludes halogenated alkanes) is 56. The monoisotopic (exact) mass is 1270 g/mol. The Morgan fingerprint density at radius 2 is 0.233 bits per heavy atom. The summed E-state index contributed by atoms with van der Waals surface area (Å²) in [6.45, 7) is 19.0. The van der Waals surface area contributed by atoms with Gasteiger partial charge in [-0.15, -0.1) is 0 Å². The molecule has 0 aromatic heterocycles. The van der Waals surface area contributed by atoms with Crippen LogP contribution in [0.1, 0.15) is 468 Å². The lowest BCUT2D eigenvalue weighted by Gasteiger charge is -2.39. The highest BCUT2D eigenvalue weighted by atomic mass is 31.2. The van der Waals surface area contributed by atoms with Gasteiger partial charge in [-0.2, -0.15) is 0 Å². The van der Waals surface area contributed by atoms with Crippen molar-refractivity contribution in [2.24, 2.45) is 0 Å². The third-order valence-corrected chi connectivity index (χ3v) is 30.0. The highest BCUT2D eigenvalue weighted by molar-refractivity contribution is 7.76. The maximum Gasteiger partial charge on any atom is 1.00 e. The second-order valence-electron chi connectivity index (χ2n) is 28.5. The molecule has 0 aliphatic heterocycles. The Morgan fingerprint density at radius 3 is 0.337 bits per heavy atom. The zero-order valence-corrected chi connectivity index (χ0v) is 64.2. The summed E-state index contributed by atoms with van der Waals surface area (Å²) < 4.78 is 0. The molecule has 0 heterocycles. The topological polar surface area (TPSA) is 69.2 Å². The largest absolute Gasteiger partial charge is 1.00 e. The van der Waals surface area contributed by atoms with Crippen molar-refractivity contribution < 1.29 is 16.1 Å². The maximum atomic E-state index is 8.48. The van der Waals surface area contributed by atoms with E-state index in [-0.39, 0.29) is 1.43 Å². The first-order chi connectivity index (χ1) is 42.2. The summed E-state index contributed by atoms with van der Waals surface area (Å²) >= 11 is 0. The van der Waals surface area contributed by atoms with Gasteiger partial charge in [0.1, 0.15) is 0 Å². The average molecular weight is 1270 g/mol. The second kappa shape index (κ2) is 80.4. The Labute approximate surface area is 551 Å². The first-order valence-corrected chi connectivity index (χ1v) is 46.9. The zero-order valence-electron chi connectivity index (χ0n) is 62.5. The highest BCUT2D eigenvalue weighted by Gasteiger charge is 2.36. The third kappa shape index (κ3) is 75.9. The molecule has 3 nitrogen and oxygen atoms in total. The van der Waals surface area contributed by atoms with Crippen molar-refractivity contribution in [1.82, 2.24) is 0 Å². The van der Waals surface area contributed by atoms with Crippen LogP contribution in [0.15, 0.2) is 0 Å². The molecule has 0 aliphatic carbocycles. The molecule has 0 rings (SSSR count). The SMILES string of the molecule is CCCCCCCCCCCCCCCC[P+](CCCC)(CCCC)CCCCCCCCCCCCCCCC.CCCCCCCCCCCCCCCC[P+](CCCC)(CCCC)CCCCCCCCCCCCCCCC.[H+].[O-]P([O-])[O-]. The first-order valence-electron chi connectivity index (χ1n) is 40.7. The van der Waals surface area contributed by atoms with Gasteiger partial charge < -0.3 is 23.3 Å². The van der Waals surface area contributed by atoms with Crippen LogP contribution in [-0.2, 0) is 0 Å². The van der Waals surface area contributed by atoms with Gasteiger partial charge in [-0.25, -0.2) is 0 Å². The van der Waals surface area contributed by atoms with Crippen molar-refractivity contribution in [3.63, 3.8) is 0 Å². The molecular weight excluding hydrogens is 1100 g/mol. The van der Waals surface area contributed by atoms with Gasteiger partial charge in [0.05, 0.1) is 49.3 Å². The Morgan fingerprint density at radius 1 is 0.151 bits per heavy atom. The lowest BCUT2D eigenvalue weighted by Crippen LogP contribution is -2.18. The van der Waals surface area contributed by atoms with Crippen LogP contribution in [-0.4, -0.2) is 49.3 Å². The van der Waals surface area contributed by atoms with Crippen LogP contribution in [0.25, 0.3) is 0 Å². The minimum Gasteiger partial charge on any atom is -0.854 e. The van der Waals surface area contributed by atoms with Crippen molar-refractivity contribution in [2.45, 2.75) is 466 Å². The molecule has 0 bridgehead atoms. The van der Waals surface area contributed by atoms with Gasteiger partial charge in [0.2, 0.25) is 0 Å². The van der Waals surface area contributed by atoms with Crippen LogP contribution in [0.3, 0.4) is 0 Å². The van der Waals surface area contributed by atoms with Crippen molar-refractivity contribution in [3.05, 3.63) is 0 Å². The quantitative estimate of drug-likeness (QED) is 0.0450. The molecule has 6 heteroatoms. The summed E-state index contributed by atoms with van der Waals surface area (Å²) in [6.07, 6.45) is 108. The fourth-order valence-electron chi connectivity index (χ4n) is 13.9. The van der Waals surface area contributed by atoms with E-state index in [0.29, 0.717) is 0 Å². The summed E-state index contributed by atoms with van der Waals surface area (Å²) in [5, 5.41) is 0. The molecule has 0 spiro atoms. The molecule has 0 saturated heterocycles. The predicted molar refractivity (Wildman–Crippen MR) is 402 cm³/mol. The Bertz CT molecular complexity index is 990. The van der Waals surface area contributed by atoms with Crippen molar-refractivity contribution in [3.8, 4) is 0 Å². The van der Waals surface area contributed by atoms with Gasteiger partial charge >= 0.3 is 1.43 Å². The molecule has 0 aromatic carbocycles. The molecular formula is C80H169O3P3. The third-order valence-electron chi connectivity index (χ3n) is 19.9. The van der Waals surface area contributed by atoms with E-state index in [1.165, 1.54) is 385 Å². The summed E-state index contributed by atoms with van der Waals surface area (Å²) in [4.78, 5) is 25.4. The second-order valence-corrected chi connectivity index (χ2v) is 37.9. The van der Waals surface area contributed by atoms with Crippen LogP contribution in [0.5, 0.6) is 0 Å². The average Bonchev–Trinajstić information content (AvgIpc) is 3.65. The standard InChI is InChI=1S/2C40H84P.O3P/c2*1-5-9-13-15-17-19-21-23-25-27-29-31-33-35-39-41(37-11-7-3,38-12-8-4)40-36-34-32-30-28-26-24-22-20-18-16-14-10-6-2;1-4(2)3/h2*5-40H2,1-4H3;/q2*+1;-3/p+1. The van der Waals surface area contributed by atoms with Crippen LogP contribution in [0, 0.1) is 0 Å².